The van der Waals surface area contributed by atoms with Crippen molar-refractivity contribution in [2.75, 3.05) is 6.54 Å². The van der Waals surface area contributed by atoms with Gasteiger partial charge in [0.2, 0.25) is 5.91 Å². The van der Waals surface area contributed by atoms with E-state index in [9.17, 15) is 9.59 Å². The van der Waals surface area contributed by atoms with E-state index in [1.54, 1.807) is 19.9 Å². The first kappa shape index (κ1) is 20.4. The highest BCUT2D eigenvalue weighted by atomic mass is 35.5. The number of nitrogens with one attached hydrogen (secondary N) is 1. The Bertz CT molecular complexity index is 1150. The van der Waals surface area contributed by atoms with E-state index >= 15 is 0 Å². The summed E-state index contributed by atoms with van der Waals surface area (Å²) in [6, 6.07) is 7.63. The van der Waals surface area contributed by atoms with E-state index in [0.717, 1.165) is 16.0 Å². The summed E-state index contributed by atoms with van der Waals surface area (Å²) in [5.41, 5.74) is 2.53. The zero-order valence-corrected chi connectivity index (χ0v) is 18.0. The van der Waals surface area contributed by atoms with Crippen molar-refractivity contribution in [1.82, 2.24) is 10.3 Å². The molecule has 3 heterocycles. The number of oxazole rings is 1. The van der Waals surface area contributed by atoms with Gasteiger partial charge in [-0.15, -0.1) is 11.3 Å². The number of carbonyl (C=O) groups excluding carboxylic acids is 2. The van der Waals surface area contributed by atoms with Crippen LogP contribution < -0.4 is 10.1 Å². The van der Waals surface area contributed by atoms with E-state index in [1.807, 2.05) is 24.3 Å². The number of aryl methyl sites for hydroxylation is 1. The molecule has 154 valence electrons. The highest BCUT2D eigenvalue weighted by Gasteiger charge is 2.26. The number of nitrogens with zero attached hydrogens (tertiary/aromatic N) is 1. The Balaban J connectivity index is 1.39. The number of aromatic nitrogens is 1. The third-order valence-electron chi connectivity index (χ3n) is 4.64. The van der Waals surface area contributed by atoms with Gasteiger partial charge in [0, 0.05) is 29.9 Å². The van der Waals surface area contributed by atoms with Crippen molar-refractivity contribution < 1.29 is 18.7 Å². The van der Waals surface area contributed by atoms with Crippen LogP contribution in [0.25, 0.3) is 16.5 Å². The molecule has 0 fully saturated rings. The molecule has 1 amide bonds. The predicted molar refractivity (Wildman–Crippen MR) is 116 cm³/mol. The van der Waals surface area contributed by atoms with Crippen LogP contribution in [-0.4, -0.2) is 29.3 Å². The molecule has 0 saturated carbocycles. The smallest absolute Gasteiger partial charge is 0.244 e. The Morgan fingerprint density at radius 1 is 1.37 bits per heavy atom. The van der Waals surface area contributed by atoms with Crippen molar-refractivity contribution >= 4 is 40.7 Å². The van der Waals surface area contributed by atoms with E-state index in [4.69, 9.17) is 20.8 Å². The van der Waals surface area contributed by atoms with Crippen molar-refractivity contribution in [3.8, 4) is 16.2 Å². The molecule has 1 atom stereocenters. The van der Waals surface area contributed by atoms with Gasteiger partial charge in [0.15, 0.2) is 11.7 Å². The summed E-state index contributed by atoms with van der Waals surface area (Å²) < 4.78 is 11.0. The molecular weight excluding hydrogens is 424 g/mol. The van der Waals surface area contributed by atoms with Crippen LogP contribution in [0.5, 0.6) is 5.75 Å². The normalized spacial score (nSPS) is 15.2. The molecule has 0 saturated heterocycles. The Kier molecular flexibility index (Phi) is 5.74. The summed E-state index contributed by atoms with van der Waals surface area (Å²) >= 11 is 7.88. The van der Waals surface area contributed by atoms with Crippen LogP contribution in [0.4, 0.5) is 0 Å². The van der Waals surface area contributed by atoms with Crippen LogP contribution in [0.1, 0.15) is 33.7 Å². The Morgan fingerprint density at radius 3 is 2.90 bits per heavy atom. The summed E-state index contributed by atoms with van der Waals surface area (Å²) in [5, 5.41) is 3.35. The zero-order chi connectivity index (χ0) is 21.3. The molecule has 2 aromatic heterocycles. The monoisotopic (exact) mass is 442 g/mol. The highest BCUT2D eigenvalue weighted by molar-refractivity contribution is 7.17. The number of fused-ring (bicyclic) bond motifs is 1. The number of Topliss-reactive ketones (excluding diaryl/α,β-unsaturated/α-hetero) is 1. The molecule has 0 spiro atoms. The minimum absolute atomic E-state index is 0.0466. The van der Waals surface area contributed by atoms with Crippen LogP contribution in [0.15, 0.2) is 41.0 Å². The van der Waals surface area contributed by atoms with Crippen molar-refractivity contribution in [3.05, 3.63) is 63.7 Å². The van der Waals surface area contributed by atoms with Gasteiger partial charge in [0.25, 0.3) is 0 Å². The van der Waals surface area contributed by atoms with E-state index < -0.39 is 0 Å². The number of carbonyl (C=O) groups is 2. The minimum Gasteiger partial charge on any atom is -0.486 e. The second kappa shape index (κ2) is 8.45. The molecule has 6 nitrogen and oxygen atoms in total. The molecule has 1 aliphatic rings. The quantitative estimate of drug-likeness (QED) is 0.442. The average Bonchev–Trinajstić information content (AvgIpc) is 3.43. The van der Waals surface area contributed by atoms with Crippen LogP contribution in [0, 0.1) is 6.92 Å². The van der Waals surface area contributed by atoms with Gasteiger partial charge in [-0.25, -0.2) is 4.98 Å². The molecule has 1 N–H and O–H groups in total. The molecule has 3 aromatic rings. The Hall–Kier alpha value is -2.90. The van der Waals surface area contributed by atoms with E-state index in [1.165, 1.54) is 23.7 Å². The number of ketones is 1. The number of halogens is 1. The van der Waals surface area contributed by atoms with Crippen LogP contribution in [0.2, 0.25) is 5.02 Å². The van der Waals surface area contributed by atoms with Gasteiger partial charge >= 0.3 is 0 Å². The number of amides is 1. The number of benzene rings is 1. The molecule has 1 unspecified atom stereocenters. The number of thiophene rings is 1. The molecule has 8 heteroatoms. The highest BCUT2D eigenvalue weighted by Crippen LogP contribution is 2.41. The van der Waals surface area contributed by atoms with E-state index in [0.29, 0.717) is 40.2 Å². The first-order chi connectivity index (χ1) is 14.4. The summed E-state index contributed by atoms with van der Waals surface area (Å²) in [6.07, 6.45) is 4.93. The molecule has 0 bridgehead atoms. The van der Waals surface area contributed by atoms with Crippen LogP contribution in [0.3, 0.4) is 0 Å². The topological polar surface area (TPSA) is 81.4 Å². The minimum atomic E-state index is -0.239. The fourth-order valence-corrected chi connectivity index (χ4v) is 4.39. The van der Waals surface area contributed by atoms with Gasteiger partial charge in [-0.3, -0.25) is 9.59 Å². The lowest BCUT2D eigenvalue weighted by molar-refractivity contribution is -0.116. The fraction of sp³-hybridized carbons (Fsp3) is 0.227. The molecule has 30 heavy (non-hydrogen) atoms. The van der Waals surface area contributed by atoms with Gasteiger partial charge < -0.3 is 14.5 Å². The van der Waals surface area contributed by atoms with Crippen molar-refractivity contribution in [3.63, 3.8) is 0 Å². The number of rotatable bonds is 6. The lowest BCUT2D eigenvalue weighted by Gasteiger charge is -2.11. The number of ether oxygens (including phenoxy) is 1. The largest absolute Gasteiger partial charge is 0.486 e. The van der Waals surface area contributed by atoms with Crippen LogP contribution in [-0.2, 0) is 11.2 Å². The summed E-state index contributed by atoms with van der Waals surface area (Å²) in [5.74, 6) is 1.00. The lowest BCUT2D eigenvalue weighted by Crippen LogP contribution is -2.33. The summed E-state index contributed by atoms with van der Waals surface area (Å²) in [6.45, 7) is 3.65. The van der Waals surface area contributed by atoms with Gasteiger partial charge in [-0.1, -0.05) is 11.6 Å². The maximum atomic E-state index is 12.1. The summed E-state index contributed by atoms with van der Waals surface area (Å²) in [4.78, 5) is 29.4. The Labute approximate surface area is 182 Å². The first-order valence-corrected chi connectivity index (χ1v) is 10.6. The van der Waals surface area contributed by atoms with Gasteiger partial charge in [0.05, 0.1) is 16.4 Å². The second-order valence-corrected chi connectivity index (χ2v) is 8.47. The van der Waals surface area contributed by atoms with Gasteiger partial charge in [-0.2, -0.15) is 0 Å². The maximum absolute atomic E-state index is 12.1. The fourth-order valence-electron chi connectivity index (χ4n) is 3.22. The molecule has 0 radical (unpaired) electrons. The van der Waals surface area contributed by atoms with E-state index in [-0.39, 0.29) is 17.8 Å². The third-order valence-corrected chi connectivity index (χ3v) is 6.15. The third kappa shape index (κ3) is 4.47. The predicted octanol–water partition coefficient (Wildman–Crippen LogP) is 4.70. The van der Waals surface area contributed by atoms with Crippen LogP contribution >= 0.6 is 22.9 Å². The second-order valence-electron chi connectivity index (χ2n) is 6.98. The molecule has 1 aromatic carbocycles. The standard InChI is InChI=1S/C22H19ClN2O4S/c1-12(26)19-4-5-20(30-19)14-7-15-8-17(29-22(15)18(23)9-14)10-24-21(27)6-3-16-11-28-13(2)25-16/h3-7,9,11,17H,8,10H2,1-2H3,(H,24,27). The number of hydrogen-bond acceptors (Lipinski definition) is 6. The zero-order valence-electron chi connectivity index (χ0n) is 16.4. The molecular formula is C22H19ClN2O4S. The van der Waals surface area contributed by atoms with Crippen molar-refractivity contribution in [2.24, 2.45) is 0 Å². The lowest BCUT2D eigenvalue weighted by atomic mass is 10.1. The Morgan fingerprint density at radius 2 is 2.20 bits per heavy atom. The SMILES string of the molecule is CC(=O)c1ccc(-c2cc(Cl)c3c(c2)CC(CNC(=O)C=Cc2coc(C)n2)O3)s1. The van der Waals surface area contributed by atoms with Crippen molar-refractivity contribution in [1.29, 1.82) is 0 Å². The van der Waals surface area contributed by atoms with E-state index in [2.05, 4.69) is 10.3 Å². The van der Waals surface area contributed by atoms with Crippen molar-refractivity contribution in [2.45, 2.75) is 26.4 Å². The van der Waals surface area contributed by atoms with Gasteiger partial charge in [-0.05, 0) is 42.8 Å². The summed E-state index contributed by atoms with van der Waals surface area (Å²) in [7, 11) is 0. The molecule has 4 rings (SSSR count). The average molecular weight is 443 g/mol. The first-order valence-electron chi connectivity index (χ1n) is 9.37. The maximum Gasteiger partial charge on any atom is 0.244 e. The number of hydrogen-bond donors (Lipinski definition) is 1. The molecule has 1 aliphatic heterocycles. The van der Waals surface area contributed by atoms with Gasteiger partial charge in [0.1, 0.15) is 23.8 Å². The molecule has 0 aliphatic carbocycles.